The zero-order valence-electron chi connectivity index (χ0n) is 16.5. The Morgan fingerprint density at radius 1 is 1.33 bits per heavy atom. The van der Waals surface area contributed by atoms with E-state index in [9.17, 15) is 14.4 Å². The van der Waals surface area contributed by atoms with Crippen molar-refractivity contribution >= 4 is 57.0 Å². The van der Waals surface area contributed by atoms with Crippen molar-refractivity contribution in [1.82, 2.24) is 20.2 Å². The molecule has 1 aliphatic heterocycles. The lowest BCUT2D eigenvalue weighted by Crippen LogP contribution is -2.38. The van der Waals surface area contributed by atoms with Crippen LogP contribution < -0.4 is 16.2 Å². The second-order valence-electron chi connectivity index (χ2n) is 6.79. The first-order chi connectivity index (χ1) is 14.5. The van der Waals surface area contributed by atoms with Gasteiger partial charge >= 0.3 is 6.03 Å². The first-order valence-corrected chi connectivity index (χ1v) is 12.2. The Hall–Kier alpha value is -2.30. The number of aromatic nitrogens is 2. The normalized spacial score (nSPS) is 13.1. The number of thioether (sulfide) groups is 2. The summed E-state index contributed by atoms with van der Waals surface area (Å²) in [6.07, 6.45) is 1.93. The van der Waals surface area contributed by atoms with Gasteiger partial charge in [-0.2, -0.15) is 0 Å². The molecule has 0 bridgehead atoms. The number of aryl methyl sites for hydroxylation is 2. The number of hydrogen-bond acceptors (Lipinski definition) is 7. The predicted molar refractivity (Wildman–Crippen MR) is 122 cm³/mol. The minimum absolute atomic E-state index is 0.0307. The van der Waals surface area contributed by atoms with E-state index in [-0.39, 0.29) is 11.3 Å². The number of amides is 3. The summed E-state index contributed by atoms with van der Waals surface area (Å²) < 4.78 is 2.75. The number of carbonyl (C=O) groups is 2. The number of nitrogens with zero attached hydrogens (tertiary/aromatic N) is 2. The van der Waals surface area contributed by atoms with Gasteiger partial charge in [-0.1, -0.05) is 23.9 Å². The van der Waals surface area contributed by atoms with Gasteiger partial charge in [0.25, 0.3) is 5.56 Å². The number of rotatable bonds is 4. The smallest absolute Gasteiger partial charge is 0.321 e. The molecule has 0 saturated carbocycles. The molecular formula is C20H20N4O3S3. The van der Waals surface area contributed by atoms with Crippen LogP contribution in [0.3, 0.4) is 0 Å². The Bertz CT molecular complexity index is 1200. The predicted octanol–water partition coefficient (Wildman–Crippen LogP) is 3.34. The largest absolute Gasteiger partial charge is 0.341 e. The van der Waals surface area contributed by atoms with Gasteiger partial charge in [0.15, 0.2) is 5.16 Å². The molecule has 1 aromatic carbocycles. The van der Waals surface area contributed by atoms with E-state index in [0.717, 1.165) is 45.7 Å². The van der Waals surface area contributed by atoms with E-state index in [1.165, 1.54) is 7.05 Å². The summed E-state index contributed by atoms with van der Waals surface area (Å²) in [5, 5.41) is 5.70. The number of imide groups is 1. The van der Waals surface area contributed by atoms with E-state index >= 15 is 0 Å². The van der Waals surface area contributed by atoms with Gasteiger partial charge < -0.3 is 5.32 Å². The van der Waals surface area contributed by atoms with Gasteiger partial charge in [-0.3, -0.25) is 19.5 Å². The molecule has 0 unspecified atom stereocenters. The highest BCUT2D eigenvalue weighted by Crippen LogP contribution is 2.40. The van der Waals surface area contributed by atoms with Crippen molar-refractivity contribution in [2.45, 2.75) is 29.1 Å². The highest BCUT2D eigenvalue weighted by molar-refractivity contribution is 8.01. The fraction of sp³-hybridized carbons (Fsp3) is 0.300. The number of nitrogens with one attached hydrogen (secondary N) is 2. The van der Waals surface area contributed by atoms with Gasteiger partial charge in [0, 0.05) is 7.05 Å². The van der Waals surface area contributed by atoms with Gasteiger partial charge in [0.05, 0.1) is 21.0 Å². The van der Waals surface area contributed by atoms with E-state index in [0.29, 0.717) is 21.1 Å². The molecule has 2 N–H and O–H groups in total. The summed E-state index contributed by atoms with van der Waals surface area (Å²) in [6.45, 7) is 1.97. The van der Waals surface area contributed by atoms with Crippen LogP contribution in [0.1, 0.15) is 17.5 Å². The molecule has 0 saturated heterocycles. The van der Waals surface area contributed by atoms with Gasteiger partial charge in [-0.05, 0) is 48.8 Å². The average Bonchev–Trinajstić information content (AvgIpc) is 3.10. The molecule has 0 aliphatic carbocycles. The summed E-state index contributed by atoms with van der Waals surface area (Å²) in [5.74, 6) is 0.565. The Morgan fingerprint density at radius 2 is 2.17 bits per heavy atom. The van der Waals surface area contributed by atoms with Crippen molar-refractivity contribution in [3.05, 3.63) is 45.7 Å². The van der Waals surface area contributed by atoms with Crippen LogP contribution in [-0.4, -0.2) is 40.0 Å². The zero-order valence-corrected chi connectivity index (χ0v) is 18.9. The third-order valence-electron chi connectivity index (χ3n) is 4.63. The Kier molecular flexibility index (Phi) is 6.16. The van der Waals surface area contributed by atoms with Crippen LogP contribution in [0, 0.1) is 6.92 Å². The molecular weight excluding hydrogens is 440 g/mol. The lowest BCUT2D eigenvalue weighted by molar-refractivity contribution is -0.117. The second kappa shape index (κ2) is 8.83. The van der Waals surface area contributed by atoms with Crippen LogP contribution in [0.25, 0.3) is 15.9 Å². The summed E-state index contributed by atoms with van der Waals surface area (Å²) in [7, 11) is 1.44. The molecule has 0 spiro atoms. The molecule has 3 heterocycles. The van der Waals surface area contributed by atoms with Gasteiger partial charge in [-0.25, -0.2) is 9.78 Å². The monoisotopic (exact) mass is 460 g/mol. The summed E-state index contributed by atoms with van der Waals surface area (Å²) in [4.78, 5) is 42.5. The van der Waals surface area contributed by atoms with Gasteiger partial charge in [0.1, 0.15) is 4.83 Å². The van der Waals surface area contributed by atoms with Gasteiger partial charge in [-0.15, -0.1) is 23.1 Å². The zero-order chi connectivity index (χ0) is 21.3. The fourth-order valence-electron chi connectivity index (χ4n) is 3.27. The SMILES string of the molecule is CNC(=O)NC(=O)CSc1nc2sc3c(c2c(=O)n1-c1cccc(C)c1)CCCS3. The first kappa shape index (κ1) is 21.0. The number of benzene rings is 1. The van der Waals surface area contributed by atoms with Crippen molar-refractivity contribution in [2.24, 2.45) is 0 Å². The molecule has 3 amide bonds. The van der Waals surface area contributed by atoms with E-state index in [2.05, 4.69) is 10.6 Å². The molecule has 10 heteroatoms. The molecule has 0 atom stereocenters. The highest BCUT2D eigenvalue weighted by atomic mass is 32.2. The minimum Gasteiger partial charge on any atom is -0.341 e. The molecule has 0 radical (unpaired) electrons. The quantitative estimate of drug-likeness (QED) is 0.458. The standard InChI is InChI=1S/C20H20N4O3S3/c1-11-5-3-6-12(9-11)24-17(26)15-13-7-4-8-28-18(13)30-16(15)23-20(24)29-10-14(25)22-19(27)21-2/h3,5-6,9H,4,7-8,10H2,1-2H3,(H2,21,22,25,27). The van der Waals surface area contributed by atoms with Crippen LogP contribution in [0.4, 0.5) is 4.79 Å². The lowest BCUT2D eigenvalue weighted by Gasteiger charge is -2.14. The third-order valence-corrected chi connectivity index (χ3v) is 8.10. The summed E-state index contributed by atoms with van der Waals surface area (Å²) in [6, 6.07) is 7.09. The van der Waals surface area contributed by atoms with Crippen LogP contribution in [0.15, 0.2) is 38.4 Å². The molecule has 3 aromatic rings. The Morgan fingerprint density at radius 3 is 2.93 bits per heavy atom. The number of urea groups is 1. The van der Waals surface area contributed by atoms with E-state index in [1.807, 2.05) is 31.2 Å². The number of hydrogen-bond donors (Lipinski definition) is 2. The van der Waals surface area contributed by atoms with E-state index < -0.39 is 11.9 Å². The van der Waals surface area contributed by atoms with Crippen molar-refractivity contribution in [1.29, 1.82) is 0 Å². The molecule has 7 nitrogen and oxygen atoms in total. The average molecular weight is 461 g/mol. The molecule has 30 heavy (non-hydrogen) atoms. The Labute approximate surface area is 185 Å². The summed E-state index contributed by atoms with van der Waals surface area (Å²) in [5.41, 5.74) is 2.72. The minimum atomic E-state index is -0.567. The maximum absolute atomic E-state index is 13.6. The molecule has 156 valence electrons. The van der Waals surface area contributed by atoms with Crippen molar-refractivity contribution in [2.75, 3.05) is 18.6 Å². The number of fused-ring (bicyclic) bond motifs is 3. The van der Waals surface area contributed by atoms with E-state index in [4.69, 9.17) is 4.98 Å². The van der Waals surface area contributed by atoms with Crippen LogP contribution in [0.5, 0.6) is 0 Å². The number of thiophene rings is 1. The lowest BCUT2D eigenvalue weighted by atomic mass is 10.1. The fourth-order valence-corrected chi connectivity index (χ4v) is 6.66. The van der Waals surface area contributed by atoms with Crippen molar-refractivity contribution in [3.8, 4) is 5.69 Å². The molecule has 2 aromatic heterocycles. The number of carbonyl (C=O) groups excluding carboxylic acids is 2. The summed E-state index contributed by atoms with van der Waals surface area (Å²) >= 11 is 4.46. The van der Waals surface area contributed by atoms with Crippen molar-refractivity contribution in [3.63, 3.8) is 0 Å². The van der Waals surface area contributed by atoms with E-state index in [1.54, 1.807) is 27.7 Å². The molecule has 4 rings (SSSR count). The maximum Gasteiger partial charge on any atom is 0.321 e. The maximum atomic E-state index is 13.6. The molecule has 1 aliphatic rings. The van der Waals surface area contributed by atoms with Crippen molar-refractivity contribution < 1.29 is 9.59 Å². The topological polar surface area (TPSA) is 93.1 Å². The van der Waals surface area contributed by atoms with Crippen LogP contribution in [-0.2, 0) is 11.2 Å². The highest BCUT2D eigenvalue weighted by Gasteiger charge is 2.23. The second-order valence-corrected chi connectivity index (χ2v) is 10.1. The third kappa shape index (κ3) is 4.12. The van der Waals surface area contributed by atoms with Crippen LogP contribution >= 0.6 is 34.9 Å². The van der Waals surface area contributed by atoms with Gasteiger partial charge in [0.2, 0.25) is 5.91 Å². The first-order valence-electron chi connectivity index (χ1n) is 9.40. The van der Waals surface area contributed by atoms with Crippen LogP contribution in [0.2, 0.25) is 0 Å². The Balaban J connectivity index is 1.81. The molecule has 0 fully saturated rings.